The van der Waals surface area contributed by atoms with Crippen molar-refractivity contribution in [2.45, 2.75) is 27.2 Å². The van der Waals surface area contributed by atoms with E-state index in [1.807, 2.05) is 0 Å². The van der Waals surface area contributed by atoms with Crippen LogP contribution in [0.4, 0.5) is 0 Å². The monoisotopic (exact) mass is 155 g/mol. The van der Waals surface area contributed by atoms with Gasteiger partial charge in [-0.25, -0.2) is 0 Å². The molecule has 62 valence electrons. The van der Waals surface area contributed by atoms with E-state index in [9.17, 15) is 9.59 Å². The fourth-order valence-corrected chi connectivity index (χ4v) is 0.837. The number of carbonyl (C=O) groups excluding carboxylic acids is 2. The molecule has 0 aromatic rings. The summed E-state index contributed by atoms with van der Waals surface area (Å²) < 4.78 is 0. The standard InChI is InChI=1S/C8H13NO2/c1-4-7(8(9)11)5(2)6(3)10/h4H2,1-3H3,(H2,9,11). The van der Waals surface area contributed by atoms with E-state index in [2.05, 4.69) is 0 Å². The van der Waals surface area contributed by atoms with E-state index in [0.717, 1.165) is 0 Å². The van der Waals surface area contributed by atoms with E-state index in [1.54, 1.807) is 13.8 Å². The molecule has 3 heteroatoms. The molecule has 11 heavy (non-hydrogen) atoms. The van der Waals surface area contributed by atoms with Crippen molar-refractivity contribution in [3.05, 3.63) is 11.1 Å². The lowest BCUT2D eigenvalue weighted by Crippen LogP contribution is -2.16. The van der Waals surface area contributed by atoms with Gasteiger partial charge in [-0.15, -0.1) is 0 Å². The number of hydrogen-bond acceptors (Lipinski definition) is 2. The maximum Gasteiger partial charge on any atom is 0.245 e. The zero-order valence-electron chi connectivity index (χ0n) is 7.10. The number of rotatable bonds is 3. The molecule has 0 bridgehead atoms. The van der Waals surface area contributed by atoms with Crippen LogP contribution in [0.15, 0.2) is 11.1 Å². The summed E-state index contributed by atoms with van der Waals surface area (Å²) in [6, 6.07) is 0. The predicted octanol–water partition coefficient (Wildman–Crippen LogP) is 0.787. The zero-order chi connectivity index (χ0) is 9.02. The van der Waals surface area contributed by atoms with Crippen molar-refractivity contribution >= 4 is 11.7 Å². The van der Waals surface area contributed by atoms with Crippen LogP contribution in [-0.2, 0) is 9.59 Å². The number of hydrogen-bond donors (Lipinski definition) is 1. The van der Waals surface area contributed by atoms with E-state index in [1.165, 1.54) is 6.92 Å². The van der Waals surface area contributed by atoms with Crippen LogP contribution in [0.1, 0.15) is 27.2 Å². The van der Waals surface area contributed by atoms with Gasteiger partial charge in [0.05, 0.1) is 0 Å². The van der Waals surface area contributed by atoms with Gasteiger partial charge in [0, 0.05) is 11.1 Å². The molecule has 0 aromatic heterocycles. The minimum Gasteiger partial charge on any atom is -0.366 e. The molecule has 0 aliphatic carbocycles. The lowest BCUT2D eigenvalue weighted by Gasteiger charge is -2.02. The second kappa shape index (κ2) is 3.91. The lowest BCUT2D eigenvalue weighted by atomic mass is 10.0. The van der Waals surface area contributed by atoms with Crippen LogP contribution in [-0.4, -0.2) is 11.7 Å². The molecular weight excluding hydrogens is 142 g/mol. The zero-order valence-corrected chi connectivity index (χ0v) is 7.10. The first-order valence-electron chi connectivity index (χ1n) is 3.51. The van der Waals surface area contributed by atoms with Crippen molar-refractivity contribution in [3.8, 4) is 0 Å². The van der Waals surface area contributed by atoms with Crippen LogP contribution >= 0.6 is 0 Å². The maximum absolute atomic E-state index is 10.8. The highest BCUT2D eigenvalue weighted by molar-refractivity contribution is 6.03. The highest BCUT2D eigenvalue weighted by Crippen LogP contribution is 2.07. The summed E-state index contributed by atoms with van der Waals surface area (Å²) in [7, 11) is 0. The Morgan fingerprint density at radius 2 is 1.73 bits per heavy atom. The second-order valence-electron chi connectivity index (χ2n) is 2.38. The molecule has 0 unspecified atom stereocenters. The number of allylic oxidation sites excluding steroid dienone is 1. The van der Waals surface area contributed by atoms with Crippen LogP contribution in [0.3, 0.4) is 0 Å². The fraction of sp³-hybridized carbons (Fsp3) is 0.500. The first kappa shape index (κ1) is 9.88. The summed E-state index contributed by atoms with van der Waals surface area (Å²) in [5.41, 5.74) is 5.94. The van der Waals surface area contributed by atoms with Crippen molar-refractivity contribution in [1.82, 2.24) is 0 Å². The molecule has 0 aliphatic rings. The molecule has 2 N–H and O–H groups in total. The molecule has 0 spiro atoms. The highest BCUT2D eigenvalue weighted by Gasteiger charge is 2.09. The molecular formula is C8H13NO2. The Kier molecular flexibility index (Phi) is 3.51. The Balaban J connectivity index is 4.83. The van der Waals surface area contributed by atoms with Gasteiger partial charge in [-0.05, 0) is 20.3 Å². The third kappa shape index (κ3) is 2.53. The molecule has 0 saturated carbocycles. The van der Waals surface area contributed by atoms with Gasteiger partial charge in [0.2, 0.25) is 5.91 Å². The van der Waals surface area contributed by atoms with Gasteiger partial charge in [0.15, 0.2) is 5.78 Å². The fourth-order valence-electron chi connectivity index (χ4n) is 0.837. The third-order valence-electron chi connectivity index (χ3n) is 1.63. The van der Waals surface area contributed by atoms with Gasteiger partial charge >= 0.3 is 0 Å². The highest BCUT2D eigenvalue weighted by atomic mass is 16.1. The van der Waals surface area contributed by atoms with E-state index in [-0.39, 0.29) is 5.78 Å². The van der Waals surface area contributed by atoms with Crippen molar-refractivity contribution in [2.75, 3.05) is 0 Å². The molecule has 0 aromatic carbocycles. The first-order valence-corrected chi connectivity index (χ1v) is 3.51. The summed E-state index contributed by atoms with van der Waals surface area (Å²) in [6.45, 7) is 4.84. The van der Waals surface area contributed by atoms with Crippen LogP contribution in [0.2, 0.25) is 0 Å². The van der Waals surface area contributed by atoms with E-state index < -0.39 is 5.91 Å². The first-order chi connectivity index (χ1) is 5.00. The molecule has 0 saturated heterocycles. The maximum atomic E-state index is 10.8. The van der Waals surface area contributed by atoms with Crippen molar-refractivity contribution in [3.63, 3.8) is 0 Å². The van der Waals surface area contributed by atoms with E-state index in [0.29, 0.717) is 17.6 Å². The molecule has 0 aliphatic heterocycles. The van der Waals surface area contributed by atoms with Crippen LogP contribution in [0.5, 0.6) is 0 Å². The van der Waals surface area contributed by atoms with Gasteiger partial charge < -0.3 is 5.73 Å². The minimum absolute atomic E-state index is 0.0966. The van der Waals surface area contributed by atoms with Crippen molar-refractivity contribution in [2.24, 2.45) is 5.73 Å². The smallest absolute Gasteiger partial charge is 0.245 e. The van der Waals surface area contributed by atoms with E-state index >= 15 is 0 Å². The average Bonchev–Trinajstić information content (AvgIpc) is 1.88. The summed E-state index contributed by atoms with van der Waals surface area (Å²) in [4.78, 5) is 21.5. The summed E-state index contributed by atoms with van der Waals surface area (Å²) in [6.07, 6.45) is 0.515. The normalized spacial score (nSPS) is 12.3. The van der Waals surface area contributed by atoms with Crippen LogP contribution in [0, 0.1) is 0 Å². The molecule has 1 amide bonds. The Labute approximate surface area is 66.3 Å². The number of carbonyl (C=O) groups is 2. The van der Waals surface area contributed by atoms with E-state index in [4.69, 9.17) is 5.73 Å². The molecule has 3 nitrogen and oxygen atoms in total. The Morgan fingerprint density at radius 3 is 1.82 bits per heavy atom. The molecule has 0 fully saturated rings. The quantitative estimate of drug-likeness (QED) is 0.612. The topological polar surface area (TPSA) is 60.2 Å². The Bertz CT molecular complexity index is 216. The largest absolute Gasteiger partial charge is 0.366 e. The van der Waals surface area contributed by atoms with Crippen LogP contribution in [0.25, 0.3) is 0 Å². The van der Waals surface area contributed by atoms with Crippen molar-refractivity contribution < 1.29 is 9.59 Å². The summed E-state index contributed by atoms with van der Waals surface area (Å²) in [5.74, 6) is -0.596. The average molecular weight is 155 g/mol. The van der Waals surface area contributed by atoms with Gasteiger partial charge in [0.1, 0.15) is 0 Å². The minimum atomic E-state index is -0.500. The number of Topliss-reactive ketones (excluding diaryl/α,β-unsaturated/α-hetero) is 1. The molecule has 0 radical (unpaired) electrons. The third-order valence-corrected chi connectivity index (χ3v) is 1.63. The molecule has 0 rings (SSSR count). The van der Waals surface area contributed by atoms with Gasteiger partial charge in [-0.1, -0.05) is 6.92 Å². The molecule has 0 atom stereocenters. The van der Waals surface area contributed by atoms with Gasteiger partial charge in [0.25, 0.3) is 0 Å². The van der Waals surface area contributed by atoms with Crippen LogP contribution < -0.4 is 5.73 Å². The Morgan fingerprint density at radius 1 is 1.27 bits per heavy atom. The second-order valence-corrected chi connectivity index (χ2v) is 2.38. The van der Waals surface area contributed by atoms with Crippen molar-refractivity contribution in [1.29, 1.82) is 0 Å². The van der Waals surface area contributed by atoms with Gasteiger partial charge in [-0.2, -0.15) is 0 Å². The Hall–Kier alpha value is -1.12. The SMILES string of the molecule is CCC(C(N)=O)=C(C)C(C)=O. The van der Waals surface area contributed by atoms with Gasteiger partial charge in [-0.3, -0.25) is 9.59 Å². The number of amides is 1. The lowest BCUT2D eigenvalue weighted by molar-refractivity contribution is -0.116. The summed E-state index contributed by atoms with van der Waals surface area (Å²) in [5, 5.41) is 0. The summed E-state index contributed by atoms with van der Waals surface area (Å²) >= 11 is 0. The number of nitrogens with two attached hydrogens (primary N) is 1. The molecule has 0 heterocycles. The number of primary amides is 1. The predicted molar refractivity (Wildman–Crippen MR) is 42.9 cm³/mol. The number of ketones is 1.